The zero-order chi connectivity index (χ0) is 21.1. The molecular formula is C24H29N3O3. The van der Waals surface area contributed by atoms with Crippen LogP contribution in [0.3, 0.4) is 0 Å². The maximum atomic E-state index is 12.4. The summed E-state index contributed by atoms with van der Waals surface area (Å²) in [6.45, 7) is 7.48. The molecular weight excluding hydrogens is 378 g/mol. The summed E-state index contributed by atoms with van der Waals surface area (Å²) in [4.78, 5) is 19.0. The van der Waals surface area contributed by atoms with Gasteiger partial charge in [0.1, 0.15) is 23.8 Å². The van der Waals surface area contributed by atoms with Crippen molar-refractivity contribution in [2.45, 2.75) is 51.5 Å². The number of aliphatic imine (C=N–C) groups is 1. The summed E-state index contributed by atoms with van der Waals surface area (Å²) in [7, 11) is 0. The van der Waals surface area contributed by atoms with E-state index < -0.39 is 5.60 Å². The molecule has 2 atom stereocenters. The number of carbonyl (C=O) groups is 1. The molecule has 2 unspecified atom stereocenters. The Hall–Kier alpha value is -3.02. The fourth-order valence-electron chi connectivity index (χ4n) is 3.71. The molecule has 0 bridgehead atoms. The molecule has 2 heterocycles. The molecule has 4 rings (SSSR count). The smallest absolute Gasteiger partial charge is 0.410 e. The van der Waals surface area contributed by atoms with E-state index in [1.165, 1.54) is 0 Å². The lowest BCUT2D eigenvalue weighted by Gasteiger charge is -2.35. The van der Waals surface area contributed by atoms with E-state index >= 15 is 0 Å². The van der Waals surface area contributed by atoms with Gasteiger partial charge in [0.2, 0.25) is 0 Å². The number of carbonyl (C=O) groups excluding carboxylic acids is 1. The molecule has 158 valence electrons. The van der Waals surface area contributed by atoms with Crippen molar-refractivity contribution in [3.05, 3.63) is 65.7 Å². The molecule has 1 fully saturated rings. The van der Waals surface area contributed by atoms with Crippen LogP contribution in [-0.2, 0) is 11.3 Å². The zero-order valence-corrected chi connectivity index (χ0v) is 17.8. The Morgan fingerprint density at radius 2 is 1.87 bits per heavy atom. The van der Waals surface area contributed by atoms with Crippen LogP contribution in [0, 0.1) is 0 Å². The predicted octanol–water partition coefficient (Wildman–Crippen LogP) is 3.99. The molecule has 1 saturated heterocycles. The molecule has 6 nitrogen and oxygen atoms in total. The van der Waals surface area contributed by atoms with Crippen LogP contribution in [0.25, 0.3) is 0 Å². The third kappa shape index (κ3) is 4.93. The normalized spacial score (nSPS) is 20.8. The van der Waals surface area contributed by atoms with Gasteiger partial charge < -0.3 is 19.7 Å². The van der Waals surface area contributed by atoms with Gasteiger partial charge in [-0.3, -0.25) is 4.99 Å². The highest BCUT2D eigenvalue weighted by atomic mass is 16.6. The predicted molar refractivity (Wildman–Crippen MR) is 117 cm³/mol. The Bertz CT molecular complexity index is 904. The van der Waals surface area contributed by atoms with Crippen molar-refractivity contribution in [1.82, 2.24) is 10.2 Å². The van der Waals surface area contributed by atoms with Gasteiger partial charge in [0.05, 0.1) is 12.1 Å². The number of benzene rings is 2. The van der Waals surface area contributed by atoms with Gasteiger partial charge in [-0.2, -0.15) is 0 Å². The van der Waals surface area contributed by atoms with Crippen LogP contribution < -0.4 is 10.1 Å². The van der Waals surface area contributed by atoms with Gasteiger partial charge in [-0.05, 0) is 57.0 Å². The van der Waals surface area contributed by atoms with Crippen LogP contribution >= 0.6 is 0 Å². The SMILES string of the molecule is CC(C)(C)OC(=O)N1CCC2N=C(c3ccc(OCc4ccccc4)cc3)NC2C1. The van der Waals surface area contributed by atoms with E-state index in [1.54, 1.807) is 4.90 Å². The summed E-state index contributed by atoms with van der Waals surface area (Å²) >= 11 is 0. The van der Waals surface area contributed by atoms with Crippen LogP contribution in [0.2, 0.25) is 0 Å². The fraction of sp³-hybridized carbons (Fsp3) is 0.417. The van der Waals surface area contributed by atoms with Crippen molar-refractivity contribution < 1.29 is 14.3 Å². The zero-order valence-electron chi connectivity index (χ0n) is 17.8. The minimum atomic E-state index is -0.483. The fourth-order valence-corrected chi connectivity index (χ4v) is 3.71. The Kier molecular flexibility index (Phi) is 5.66. The van der Waals surface area contributed by atoms with Gasteiger partial charge >= 0.3 is 6.09 Å². The first-order valence-corrected chi connectivity index (χ1v) is 10.5. The Balaban J connectivity index is 1.33. The lowest BCUT2D eigenvalue weighted by atomic mass is 10.0. The molecule has 2 aliphatic rings. The van der Waals surface area contributed by atoms with Crippen molar-refractivity contribution in [1.29, 1.82) is 0 Å². The molecule has 6 heteroatoms. The molecule has 30 heavy (non-hydrogen) atoms. The van der Waals surface area contributed by atoms with Crippen LogP contribution in [0.15, 0.2) is 59.6 Å². The van der Waals surface area contributed by atoms with Crippen LogP contribution in [0.1, 0.15) is 38.3 Å². The minimum absolute atomic E-state index is 0.121. The highest BCUT2D eigenvalue weighted by Crippen LogP contribution is 2.23. The molecule has 1 amide bonds. The number of piperidine rings is 1. The highest BCUT2D eigenvalue weighted by Gasteiger charge is 2.37. The van der Waals surface area contributed by atoms with Crippen molar-refractivity contribution >= 4 is 11.9 Å². The monoisotopic (exact) mass is 407 g/mol. The summed E-state index contributed by atoms with van der Waals surface area (Å²) < 4.78 is 11.4. The average molecular weight is 408 g/mol. The van der Waals surface area contributed by atoms with E-state index in [2.05, 4.69) is 5.32 Å². The first-order valence-electron chi connectivity index (χ1n) is 10.5. The number of fused-ring (bicyclic) bond motifs is 1. The first kappa shape index (κ1) is 20.3. The number of amidine groups is 1. The second-order valence-electron chi connectivity index (χ2n) is 8.81. The van der Waals surface area contributed by atoms with E-state index in [4.69, 9.17) is 14.5 Å². The van der Waals surface area contributed by atoms with Gasteiger partial charge in [0, 0.05) is 18.7 Å². The van der Waals surface area contributed by atoms with Crippen LogP contribution in [0.4, 0.5) is 4.79 Å². The number of ether oxygens (including phenoxy) is 2. The van der Waals surface area contributed by atoms with Gasteiger partial charge in [0.15, 0.2) is 0 Å². The van der Waals surface area contributed by atoms with E-state index in [0.717, 1.165) is 29.1 Å². The summed E-state index contributed by atoms with van der Waals surface area (Å²) in [5, 5.41) is 3.49. The molecule has 2 aliphatic heterocycles. The minimum Gasteiger partial charge on any atom is -0.489 e. The number of nitrogens with one attached hydrogen (secondary N) is 1. The number of likely N-dealkylation sites (tertiary alicyclic amines) is 1. The number of rotatable bonds is 4. The molecule has 0 aliphatic carbocycles. The van der Waals surface area contributed by atoms with Gasteiger partial charge in [-0.25, -0.2) is 4.79 Å². The quantitative estimate of drug-likeness (QED) is 0.832. The Morgan fingerprint density at radius 3 is 2.57 bits per heavy atom. The Morgan fingerprint density at radius 1 is 1.13 bits per heavy atom. The third-order valence-electron chi connectivity index (χ3n) is 5.22. The molecule has 1 N–H and O–H groups in total. The van der Waals surface area contributed by atoms with Gasteiger partial charge in [-0.1, -0.05) is 30.3 Å². The first-order chi connectivity index (χ1) is 14.4. The number of hydrogen-bond acceptors (Lipinski definition) is 5. The van der Waals surface area contributed by atoms with E-state index in [9.17, 15) is 4.79 Å². The van der Waals surface area contributed by atoms with Crippen molar-refractivity contribution in [3.63, 3.8) is 0 Å². The van der Waals surface area contributed by atoms with Crippen molar-refractivity contribution in [3.8, 4) is 5.75 Å². The summed E-state index contributed by atoms with van der Waals surface area (Å²) in [5.74, 6) is 1.71. The standard InChI is InChI=1S/C24H29N3O3/c1-24(2,3)30-23(28)27-14-13-20-21(15-27)26-22(25-20)18-9-11-19(12-10-18)29-16-17-7-5-4-6-8-17/h4-12,20-21H,13-16H2,1-3H3,(H,25,26). The largest absolute Gasteiger partial charge is 0.489 e. The maximum Gasteiger partial charge on any atom is 0.410 e. The number of nitrogens with zero attached hydrogens (tertiary/aromatic N) is 2. The van der Waals surface area contributed by atoms with Crippen LogP contribution in [0.5, 0.6) is 5.75 Å². The topological polar surface area (TPSA) is 63.2 Å². The lowest BCUT2D eigenvalue weighted by molar-refractivity contribution is 0.0188. The van der Waals surface area contributed by atoms with Crippen LogP contribution in [-0.4, -0.2) is 47.6 Å². The van der Waals surface area contributed by atoms with E-state index in [1.807, 2.05) is 75.4 Å². The second-order valence-corrected chi connectivity index (χ2v) is 8.81. The molecule has 2 aromatic rings. The lowest BCUT2D eigenvalue weighted by Crippen LogP contribution is -2.53. The van der Waals surface area contributed by atoms with Gasteiger partial charge in [-0.15, -0.1) is 0 Å². The summed E-state index contributed by atoms with van der Waals surface area (Å²) in [6, 6.07) is 18.4. The highest BCUT2D eigenvalue weighted by molar-refractivity contribution is 6.00. The Labute approximate surface area is 177 Å². The molecule has 0 spiro atoms. The average Bonchev–Trinajstić information content (AvgIpc) is 3.15. The second kappa shape index (κ2) is 8.38. The third-order valence-corrected chi connectivity index (χ3v) is 5.22. The van der Waals surface area contributed by atoms with E-state index in [-0.39, 0.29) is 18.2 Å². The molecule has 0 radical (unpaired) electrons. The maximum absolute atomic E-state index is 12.4. The number of amides is 1. The summed E-state index contributed by atoms with van der Waals surface area (Å²) in [6.07, 6.45) is 0.578. The van der Waals surface area contributed by atoms with Crippen molar-refractivity contribution in [2.75, 3.05) is 13.1 Å². The number of hydrogen-bond donors (Lipinski definition) is 1. The molecule has 0 aromatic heterocycles. The van der Waals surface area contributed by atoms with E-state index in [0.29, 0.717) is 19.7 Å². The molecule has 0 saturated carbocycles. The van der Waals surface area contributed by atoms with Crippen molar-refractivity contribution in [2.24, 2.45) is 4.99 Å². The summed E-state index contributed by atoms with van der Waals surface area (Å²) in [5.41, 5.74) is 1.69. The van der Waals surface area contributed by atoms with Gasteiger partial charge in [0.25, 0.3) is 0 Å². The molecule has 2 aromatic carbocycles.